The Morgan fingerprint density at radius 1 is 1.19 bits per heavy atom. The normalized spacial score (nSPS) is 11.0. The third kappa shape index (κ3) is 4.16. The van der Waals surface area contributed by atoms with Crippen LogP contribution in [0.25, 0.3) is 11.7 Å². The van der Waals surface area contributed by atoms with Gasteiger partial charge in [-0.2, -0.15) is 0 Å². The van der Waals surface area contributed by atoms with Gasteiger partial charge in [0.1, 0.15) is 5.65 Å². The van der Waals surface area contributed by atoms with E-state index < -0.39 is 0 Å². The Bertz CT molecular complexity index is 942. The summed E-state index contributed by atoms with van der Waals surface area (Å²) in [4.78, 5) is 28.1. The van der Waals surface area contributed by atoms with Crippen LogP contribution in [0.2, 0.25) is 0 Å². The van der Waals surface area contributed by atoms with Gasteiger partial charge in [0.05, 0.1) is 24.1 Å². The Morgan fingerprint density at radius 2 is 2.00 bits per heavy atom. The van der Waals surface area contributed by atoms with Crippen LogP contribution in [0.15, 0.2) is 60.9 Å². The van der Waals surface area contributed by atoms with E-state index in [2.05, 4.69) is 10.3 Å². The van der Waals surface area contributed by atoms with E-state index in [-0.39, 0.29) is 11.9 Å². The van der Waals surface area contributed by atoms with E-state index in [0.29, 0.717) is 17.9 Å². The molecule has 1 N–H and O–H groups in total. The minimum Gasteiger partial charge on any atom is -0.462 e. The summed E-state index contributed by atoms with van der Waals surface area (Å²) >= 11 is 0. The summed E-state index contributed by atoms with van der Waals surface area (Å²) in [5, 5.41) is 2.75. The van der Waals surface area contributed by atoms with Crippen LogP contribution >= 0.6 is 0 Å². The number of fused-ring (bicyclic) bond motifs is 1. The molecule has 3 rings (SSSR count). The van der Waals surface area contributed by atoms with Crippen LogP contribution in [0.3, 0.4) is 0 Å². The predicted octanol–water partition coefficient (Wildman–Crippen LogP) is 3.55. The highest BCUT2D eigenvalue weighted by molar-refractivity contribution is 6.02. The zero-order valence-corrected chi connectivity index (χ0v) is 14.4. The standard InChI is InChI=1S/C20H19N3O3/c1-2-13-26-20(25)15-6-8-16(9-7-15)22-19(24)11-10-17-14-21-18-5-3-4-12-23(17)18/h3-12,14H,2,13H2,1H3,(H,22,24)/b11-10+. The first-order chi connectivity index (χ1) is 12.7. The number of carbonyl (C=O) groups is 2. The molecule has 6 heteroatoms. The van der Waals surface area contributed by atoms with Crippen molar-refractivity contribution in [1.82, 2.24) is 9.38 Å². The number of ether oxygens (including phenoxy) is 1. The molecule has 1 amide bonds. The van der Waals surface area contributed by atoms with Crippen molar-refractivity contribution < 1.29 is 14.3 Å². The molecule has 0 aliphatic rings. The van der Waals surface area contributed by atoms with E-state index in [9.17, 15) is 9.59 Å². The lowest BCUT2D eigenvalue weighted by molar-refractivity contribution is -0.111. The molecule has 0 saturated carbocycles. The minimum absolute atomic E-state index is 0.266. The number of hydrogen-bond acceptors (Lipinski definition) is 4. The molecule has 1 aromatic carbocycles. The van der Waals surface area contributed by atoms with E-state index in [4.69, 9.17) is 4.74 Å². The fraction of sp³-hybridized carbons (Fsp3) is 0.150. The van der Waals surface area contributed by atoms with Gasteiger partial charge in [0.25, 0.3) is 0 Å². The van der Waals surface area contributed by atoms with Gasteiger partial charge in [-0.05, 0) is 48.9 Å². The predicted molar refractivity (Wildman–Crippen MR) is 99.9 cm³/mol. The van der Waals surface area contributed by atoms with Crippen molar-refractivity contribution in [2.75, 3.05) is 11.9 Å². The van der Waals surface area contributed by atoms with E-state index >= 15 is 0 Å². The van der Waals surface area contributed by atoms with Crippen molar-refractivity contribution in [3.63, 3.8) is 0 Å². The van der Waals surface area contributed by atoms with Gasteiger partial charge in [-0.3, -0.25) is 4.79 Å². The van der Waals surface area contributed by atoms with Gasteiger partial charge in [-0.15, -0.1) is 0 Å². The maximum Gasteiger partial charge on any atom is 0.338 e. The molecule has 26 heavy (non-hydrogen) atoms. The quantitative estimate of drug-likeness (QED) is 0.546. The lowest BCUT2D eigenvalue weighted by atomic mass is 10.2. The highest BCUT2D eigenvalue weighted by Crippen LogP contribution is 2.12. The summed E-state index contributed by atoms with van der Waals surface area (Å²) in [6.45, 7) is 2.33. The number of imidazole rings is 1. The van der Waals surface area contributed by atoms with E-state index in [1.807, 2.05) is 35.7 Å². The summed E-state index contributed by atoms with van der Waals surface area (Å²) in [6, 6.07) is 12.3. The van der Waals surface area contributed by atoms with Crippen molar-refractivity contribution in [3.8, 4) is 0 Å². The Balaban J connectivity index is 1.62. The molecule has 0 bridgehead atoms. The number of amides is 1. The summed E-state index contributed by atoms with van der Waals surface area (Å²) in [5.41, 5.74) is 2.69. The Kier molecular flexibility index (Phi) is 5.43. The van der Waals surface area contributed by atoms with Crippen LogP contribution in [-0.2, 0) is 9.53 Å². The van der Waals surface area contributed by atoms with Crippen molar-refractivity contribution in [2.24, 2.45) is 0 Å². The van der Waals surface area contributed by atoms with Crippen LogP contribution in [-0.4, -0.2) is 27.9 Å². The average Bonchev–Trinajstić information content (AvgIpc) is 3.08. The zero-order chi connectivity index (χ0) is 18.4. The fourth-order valence-corrected chi connectivity index (χ4v) is 2.39. The Labute approximate surface area is 151 Å². The maximum absolute atomic E-state index is 12.1. The molecule has 3 aromatic rings. The summed E-state index contributed by atoms with van der Waals surface area (Å²) in [5.74, 6) is -0.630. The molecule has 2 aromatic heterocycles. The van der Waals surface area contributed by atoms with E-state index in [1.54, 1.807) is 36.5 Å². The third-order valence-electron chi connectivity index (χ3n) is 3.68. The first kappa shape index (κ1) is 17.4. The number of aromatic nitrogens is 2. The second-order valence-corrected chi connectivity index (χ2v) is 5.65. The van der Waals surface area contributed by atoms with Crippen molar-refractivity contribution in [3.05, 3.63) is 72.2 Å². The maximum atomic E-state index is 12.1. The largest absolute Gasteiger partial charge is 0.462 e. The van der Waals surface area contributed by atoms with Gasteiger partial charge in [0, 0.05) is 18.0 Å². The van der Waals surface area contributed by atoms with Crippen LogP contribution in [0.4, 0.5) is 5.69 Å². The van der Waals surface area contributed by atoms with Gasteiger partial charge in [0.2, 0.25) is 5.91 Å². The Morgan fingerprint density at radius 3 is 2.77 bits per heavy atom. The van der Waals surface area contributed by atoms with Crippen molar-refractivity contribution >= 4 is 29.3 Å². The molecule has 2 heterocycles. The zero-order valence-electron chi connectivity index (χ0n) is 14.4. The highest BCUT2D eigenvalue weighted by Gasteiger charge is 2.07. The van der Waals surface area contributed by atoms with Crippen LogP contribution in [0.5, 0.6) is 0 Å². The Hall–Kier alpha value is -3.41. The molecule has 6 nitrogen and oxygen atoms in total. The molecule has 0 fully saturated rings. The van der Waals surface area contributed by atoms with Crippen molar-refractivity contribution in [1.29, 1.82) is 0 Å². The van der Waals surface area contributed by atoms with Gasteiger partial charge in [-0.1, -0.05) is 13.0 Å². The van der Waals surface area contributed by atoms with Crippen LogP contribution < -0.4 is 5.32 Å². The number of esters is 1. The van der Waals surface area contributed by atoms with Gasteiger partial charge in [0.15, 0.2) is 0 Å². The molecule has 0 aliphatic carbocycles. The first-order valence-corrected chi connectivity index (χ1v) is 8.35. The number of carbonyl (C=O) groups excluding carboxylic acids is 2. The molecule has 0 unspecified atom stereocenters. The van der Waals surface area contributed by atoms with Gasteiger partial charge in [-0.25, -0.2) is 9.78 Å². The minimum atomic E-state index is -0.364. The van der Waals surface area contributed by atoms with Gasteiger partial charge >= 0.3 is 5.97 Å². The summed E-state index contributed by atoms with van der Waals surface area (Å²) in [6.07, 6.45) is 7.51. The summed E-state index contributed by atoms with van der Waals surface area (Å²) < 4.78 is 6.96. The van der Waals surface area contributed by atoms with E-state index in [1.165, 1.54) is 6.08 Å². The number of pyridine rings is 1. The highest BCUT2D eigenvalue weighted by atomic mass is 16.5. The second-order valence-electron chi connectivity index (χ2n) is 5.65. The number of hydrogen-bond donors (Lipinski definition) is 1. The number of anilines is 1. The first-order valence-electron chi connectivity index (χ1n) is 8.35. The molecule has 0 radical (unpaired) electrons. The SMILES string of the molecule is CCCOC(=O)c1ccc(NC(=O)/C=C/c2cnc3ccccn23)cc1. The second kappa shape index (κ2) is 8.11. The van der Waals surface area contributed by atoms with E-state index in [0.717, 1.165) is 17.8 Å². The average molecular weight is 349 g/mol. The molecular formula is C20H19N3O3. The number of rotatable bonds is 6. The molecule has 132 valence electrons. The number of benzene rings is 1. The van der Waals surface area contributed by atoms with Crippen molar-refractivity contribution in [2.45, 2.75) is 13.3 Å². The monoisotopic (exact) mass is 349 g/mol. The molecule has 0 atom stereocenters. The van der Waals surface area contributed by atoms with Gasteiger partial charge < -0.3 is 14.5 Å². The number of nitrogens with one attached hydrogen (secondary N) is 1. The lowest BCUT2D eigenvalue weighted by Gasteiger charge is -2.05. The third-order valence-corrected chi connectivity index (χ3v) is 3.68. The molecule has 0 spiro atoms. The smallest absolute Gasteiger partial charge is 0.338 e. The summed E-state index contributed by atoms with van der Waals surface area (Å²) in [7, 11) is 0. The van der Waals surface area contributed by atoms with Crippen LogP contribution in [0, 0.1) is 0 Å². The van der Waals surface area contributed by atoms with Crippen LogP contribution in [0.1, 0.15) is 29.4 Å². The molecule has 0 saturated heterocycles. The lowest BCUT2D eigenvalue weighted by Crippen LogP contribution is -2.09. The molecule has 0 aliphatic heterocycles. The topological polar surface area (TPSA) is 72.7 Å². The molecular weight excluding hydrogens is 330 g/mol. The fourth-order valence-electron chi connectivity index (χ4n) is 2.39. The number of nitrogens with zero attached hydrogens (tertiary/aromatic N) is 2.